The summed E-state index contributed by atoms with van der Waals surface area (Å²) in [5.74, 6) is 0.245. The van der Waals surface area contributed by atoms with Crippen LogP contribution in [0.4, 0.5) is 0 Å². The smallest absolute Gasteiger partial charge is 0.124 e. The molecule has 1 fully saturated rings. The zero-order valence-electron chi connectivity index (χ0n) is 12.7. The van der Waals surface area contributed by atoms with Gasteiger partial charge in [-0.3, -0.25) is 0 Å². The van der Waals surface area contributed by atoms with E-state index in [2.05, 4.69) is 24.3 Å². The fourth-order valence-corrected chi connectivity index (χ4v) is 3.17. The molecule has 0 heterocycles. The topological polar surface area (TPSA) is 55.7 Å². The first kappa shape index (κ1) is 15.1. The van der Waals surface area contributed by atoms with Crippen LogP contribution < -0.4 is 5.32 Å². The number of likely N-dealkylation sites (N-methyl/N-ethyl adjacent to an activating group) is 1. The van der Waals surface area contributed by atoms with E-state index in [0.717, 1.165) is 12.1 Å². The number of rotatable bonds is 5. The molecule has 1 aliphatic rings. The van der Waals surface area contributed by atoms with Gasteiger partial charge in [-0.15, -0.1) is 0 Å². The Labute approximate surface area is 121 Å². The third kappa shape index (κ3) is 3.07. The summed E-state index contributed by atoms with van der Waals surface area (Å²) in [4.78, 5) is 2.33. The van der Waals surface area contributed by atoms with Crippen molar-refractivity contribution in [3.05, 3.63) is 23.8 Å². The molecule has 0 aromatic heterocycles. The first-order valence-corrected chi connectivity index (χ1v) is 7.37. The Morgan fingerprint density at radius 3 is 2.45 bits per heavy atom. The highest BCUT2D eigenvalue weighted by Gasteiger charge is 2.35. The molecule has 1 aliphatic carbocycles. The maximum absolute atomic E-state index is 9.92. The van der Waals surface area contributed by atoms with Crippen molar-refractivity contribution in [2.45, 2.75) is 44.2 Å². The minimum Gasteiger partial charge on any atom is -0.508 e. The van der Waals surface area contributed by atoms with E-state index in [1.165, 1.54) is 31.7 Å². The lowest BCUT2D eigenvalue weighted by Crippen LogP contribution is -2.50. The minimum absolute atomic E-state index is 0.0630. The van der Waals surface area contributed by atoms with Crippen molar-refractivity contribution in [2.75, 3.05) is 20.6 Å². The number of hydrogen-bond donors (Lipinski definition) is 3. The first-order chi connectivity index (χ1) is 9.44. The summed E-state index contributed by atoms with van der Waals surface area (Å²) in [5.41, 5.74) is 1.07. The molecule has 0 amide bonds. The summed E-state index contributed by atoms with van der Waals surface area (Å²) in [6.45, 7) is 2.96. The molecule has 0 saturated heterocycles. The zero-order valence-corrected chi connectivity index (χ0v) is 12.7. The molecule has 1 aromatic rings. The van der Waals surface area contributed by atoms with Crippen LogP contribution in [0.1, 0.15) is 44.2 Å². The van der Waals surface area contributed by atoms with Crippen LogP contribution in [0.2, 0.25) is 0 Å². The number of benzene rings is 1. The van der Waals surface area contributed by atoms with Crippen LogP contribution >= 0.6 is 0 Å². The number of hydrogen-bond acceptors (Lipinski definition) is 4. The largest absolute Gasteiger partial charge is 0.508 e. The Morgan fingerprint density at radius 2 is 1.90 bits per heavy atom. The molecule has 112 valence electrons. The Bertz CT molecular complexity index is 454. The minimum atomic E-state index is 0.0630. The van der Waals surface area contributed by atoms with Crippen LogP contribution in [-0.4, -0.2) is 41.3 Å². The van der Waals surface area contributed by atoms with Gasteiger partial charge in [-0.05, 0) is 39.9 Å². The highest BCUT2D eigenvalue weighted by molar-refractivity contribution is 5.40. The highest BCUT2D eigenvalue weighted by atomic mass is 16.3. The predicted molar refractivity (Wildman–Crippen MR) is 81.1 cm³/mol. The maximum atomic E-state index is 9.92. The van der Waals surface area contributed by atoms with E-state index in [-0.39, 0.29) is 23.1 Å². The molecule has 1 atom stereocenters. The number of phenolic OH excluding ortho intramolecular Hbond substituents is 2. The van der Waals surface area contributed by atoms with Gasteiger partial charge in [-0.2, -0.15) is 0 Å². The summed E-state index contributed by atoms with van der Waals surface area (Å²) in [6, 6.07) is 4.85. The van der Waals surface area contributed by atoms with Crippen molar-refractivity contribution in [1.29, 1.82) is 0 Å². The van der Waals surface area contributed by atoms with E-state index in [1.807, 2.05) is 6.92 Å². The number of aromatic hydroxyl groups is 2. The molecule has 1 unspecified atom stereocenters. The molecule has 20 heavy (non-hydrogen) atoms. The van der Waals surface area contributed by atoms with E-state index in [4.69, 9.17) is 0 Å². The quantitative estimate of drug-likeness (QED) is 0.775. The Balaban J connectivity index is 2.02. The highest BCUT2D eigenvalue weighted by Crippen LogP contribution is 2.34. The van der Waals surface area contributed by atoms with Gasteiger partial charge < -0.3 is 20.4 Å². The second-order valence-electron chi connectivity index (χ2n) is 6.17. The van der Waals surface area contributed by atoms with Crippen LogP contribution in [0.15, 0.2) is 18.2 Å². The summed E-state index contributed by atoms with van der Waals surface area (Å²) >= 11 is 0. The first-order valence-electron chi connectivity index (χ1n) is 7.37. The Kier molecular flexibility index (Phi) is 4.55. The second-order valence-corrected chi connectivity index (χ2v) is 6.17. The maximum Gasteiger partial charge on any atom is 0.124 e. The lowest BCUT2D eigenvalue weighted by molar-refractivity contribution is 0.150. The number of nitrogens with one attached hydrogen (secondary N) is 1. The second kappa shape index (κ2) is 6.02. The fourth-order valence-electron chi connectivity index (χ4n) is 3.17. The van der Waals surface area contributed by atoms with E-state index in [1.54, 1.807) is 12.1 Å². The van der Waals surface area contributed by atoms with Gasteiger partial charge in [-0.1, -0.05) is 18.9 Å². The van der Waals surface area contributed by atoms with Gasteiger partial charge in [0.25, 0.3) is 0 Å². The van der Waals surface area contributed by atoms with Crippen molar-refractivity contribution in [2.24, 2.45) is 0 Å². The van der Waals surface area contributed by atoms with Crippen LogP contribution in [0, 0.1) is 0 Å². The van der Waals surface area contributed by atoms with E-state index < -0.39 is 0 Å². The summed E-state index contributed by atoms with van der Waals surface area (Å²) in [5, 5.41) is 22.8. The average Bonchev–Trinajstić information content (AvgIpc) is 2.86. The van der Waals surface area contributed by atoms with Crippen molar-refractivity contribution >= 4 is 0 Å². The molecular formula is C16H26N2O2. The van der Waals surface area contributed by atoms with Crippen LogP contribution in [0.3, 0.4) is 0 Å². The fraction of sp³-hybridized carbons (Fsp3) is 0.625. The van der Waals surface area contributed by atoms with E-state index in [0.29, 0.717) is 0 Å². The van der Waals surface area contributed by atoms with E-state index >= 15 is 0 Å². The lowest BCUT2D eigenvalue weighted by Gasteiger charge is -2.37. The van der Waals surface area contributed by atoms with Gasteiger partial charge in [0.1, 0.15) is 11.5 Å². The van der Waals surface area contributed by atoms with Gasteiger partial charge in [0.2, 0.25) is 0 Å². The predicted octanol–water partition coefficient (Wildman–Crippen LogP) is 2.62. The zero-order chi connectivity index (χ0) is 14.8. The average molecular weight is 278 g/mol. The molecule has 2 rings (SSSR count). The molecule has 1 saturated carbocycles. The van der Waals surface area contributed by atoms with Crippen LogP contribution in [0.5, 0.6) is 11.5 Å². The summed E-state index contributed by atoms with van der Waals surface area (Å²) < 4.78 is 0. The molecule has 0 aliphatic heterocycles. The van der Waals surface area contributed by atoms with Gasteiger partial charge in [-0.25, -0.2) is 0 Å². The van der Waals surface area contributed by atoms with E-state index in [9.17, 15) is 10.2 Å². The van der Waals surface area contributed by atoms with Crippen molar-refractivity contribution in [3.8, 4) is 11.5 Å². The number of phenols is 2. The third-order valence-corrected chi connectivity index (χ3v) is 4.70. The standard InChI is InChI=1S/C16H26N2O2/c1-12(14-7-6-13(19)10-15(14)20)17-11-16(18(2)3)8-4-5-9-16/h6-7,10,12,17,19-20H,4-5,8-9,11H2,1-3H3. The van der Waals surface area contributed by atoms with Crippen molar-refractivity contribution < 1.29 is 10.2 Å². The van der Waals surface area contributed by atoms with Crippen molar-refractivity contribution in [1.82, 2.24) is 10.2 Å². The number of nitrogens with zero attached hydrogens (tertiary/aromatic N) is 1. The molecule has 0 bridgehead atoms. The van der Waals surface area contributed by atoms with Gasteiger partial charge in [0.15, 0.2) is 0 Å². The SMILES string of the molecule is CC(NCC1(N(C)C)CCCC1)c1ccc(O)cc1O. The third-order valence-electron chi connectivity index (χ3n) is 4.70. The molecule has 1 aromatic carbocycles. The monoisotopic (exact) mass is 278 g/mol. The van der Waals surface area contributed by atoms with Crippen LogP contribution in [-0.2, 0) is 0 Å². The van der Waals surface area contributed by atoms with Gasteiger partial charge in [0.05, 0.1) is 0 Å². The Hall–Kier alpha value is -1.26. The molecule has 3 N–H and O–H groups in total. The summed E-state index contributed by atoms with van der Waals surface area (Å²) in [7, 11) is 4.30. The van der Waals surface area contributed by atoms with Crippen LogP contribution in [0.25, 0.3) is 0 Å². The molecule has 0 spiro atoms. The van der Waals surface area contributed by atoms with Gasteiger partial charge >= 0.3 is 0 Å². The Morgan fingerprint density at radius 1 is 1.25 bits per heavy atom. The molecule has 4 nitrogen and oxygen atoms in total. The van der Waals surface area contributed by atoms with Crippen molar-refractivity contribution in [3.63, 3.8) is 0 Å². The lowest BCUT2D eigenvalue weighted by atomic mass is 9.95. The molecule has 4 heteroatoms. The normalized spacial score (nSPS) is 19.4. The molecule has 0 radical (unpaired) electrons. The molecular weight excluding hydrogens is 252 g/mol. The summed E-state index contributed by atoms with van der Waals surface area (Å²) in [6.07, 6.45) is 5.03. The van der Waals surface area contributed by atoms with Gasteiger partial charge in [0, 0.05) is 29.8 Å².